The van der Waals surface area contributed by atoms with Crippen LogP contribution in [0.1, 0.15) is 36.4 Å². The van der Waals surface area contributed by atoms with Crippen molar-refractivity contribution in [3.8, 4) is 0 Å². The Morgan fingerprint density at radius 1 is 1.43 bits per heavy atom. The molecule has 2 atom stereocenters. The van der Waals surface area contributed by atoms with Gasteiger partial charge >= 0.3 is 0 Å². The van der Waals surface area contributed by atoms with Gasteiger partial charge in [0.2, 0.25) is 0 Å². The third-order valence-corrected chi connectivity index (χ3v) is 4.10. The van der Waals surface area contributed by atoms with Gasteiger partial charge in [0.15, 0.2) is 0 Å². The van der Waals surface area contributed by atoms with Crippen molar-refractivity contribution in [1.82, 2.24) is 9.55 Å². The molecule has 0 radical (unpaired) electrons. The van der Waals surface area contributed by atoms with E-state index in [1.165, 1.54) is 11.1 Å². The van der Waals surface area contributed by atoms with E-state index in [1.807, 2.05) is 12.4 Å². The fourth-order valence-corrected chi connectivity index (χ4v) is 3.07. The lowest BCUT2D eigenvalue weighted by molar-refractivity contribution is 0.0240. The van der Waals surface area contributed by atoms with Crippen LogP contribution in [0.4, 0.5) is 0 Å². The van der Waals surface area contributed by atoms with Crippen molar-refractivity contribution in [1.29, 1.82) is 0 Å². The van der Waals surface area contributed by atoms with Crippen LogP contribution >= 0.6 is 0 Å². The molecule has 1 aromatic heterocycles. The predicted octanol–water partition coefficient (Wildman–Crippen LogP) is 2.48. The molecule has 2 heterocycles. The van der Waals surface area contributed by atoms with Gasteiger partial charge < -0.3 is 15.0 Å². The minimum absolute atomic E-state index is 0.0262. The Morgan fingerprint density at radius 3 is 3.14 bits per heavy atom. The molecule has 1 aliphatic heterocycles. The van der Waals surface area contributed by atoms with Gasteiger partial charge in [0.1, 0.15) is 5.82 Å². The number of ether oxygens (including phenoxy) is 1. The van der Waals surface area contributed by atoms with E-state index in [4.69, 9.17) is 10.5 Å². The summed E-state index contributed by atoms with van der Waals surface area (Å²) in [5, 5.41) is 0. The molecule has 2 aromatic rings. The third-order valence-electron chi connectivity index (χ3n) is 4.10. The maximum Gasteiger partial charge on any atom is 0.110 e. The Hall–Kier alpha value is -1.65. The Morgan fingerprint density at radius 2 is 2.29 bits per heavy atom. The summed E-state index contributed by atoms with van der Waals surface area (Å²) >= 11 is 0. The molecular formula is C17H23N3O. The minimum atomic E-state index is -0.0653. The quantitative estimate of drug-likeness (QED) is 0.918. The number of imidazole rings is 1. The van der Waals surface area contributed by atoms with E-state index in [2.05, 4.69) is 40.7 Å². The first-order valence-corrected chi connectivity index (χ1v) is 7.74. The van der Waals surface area contributed by atoms with Crippen LogP contribution in [0.2, 0.25) is 0 Å². The fraction of sp³-hybridized carbons (Fsp3) is 0.471. The maximum absolute atomic E-state index is 6.44. The zero-order chi connectivity index (χ0) is 14.7. The number of rotatable bonds is 5. The summed E-state index contributed by atoms with van der Waals surface area (Å²) in [7, 11) is 0. The smallest absolute Gasteiger partial charge is 0.110 e. The molecule has 0 fully saturated rings. The summed E-state index contributed by atoms with van der Waals surface area (Å²) in [6.45, 7) is 3.91. The predicted molar refractivity (Wildman–Crippen MR) is 83.0 cm³/mol. The summed E-state index contributed by atoms with van der Waals surface area (Å²) in [5.74, 6) is 1.05. The second kappa shape index (κ2) is 6.41. The van der Waals surface area contributed by atoms with Gasteiger partial charge in [-0.3, -0.25) is 0 Å². The van der Waals surface area contributed by atoms with Crippen molar-refractivity contribution >= 4 is 0 Å². The van der Waals surface area contributed by atoms with E-state index in [0.29, 0.717) is 0 Å². The average Bonchev–Trinajstić information content (AvgIpc) is 2.94. The van der Waals surface area contributed by atoms with E-state index in [1.54, 1.807) is 0 Å². The Labute approximate surface area is 125 Å². The summed E-state index contributed by atoms with van der Waals surface area (Å²) in [5.41, 5.74) is 9.04. The zero-order valence-electron chi connectivity index (χ0n) is 12.5. The number of aromatic nitrogens is 2. The molecule has 2 N–H and O–H groups in total. The van der Waals surface area contributed by atoms with Crippen LogP contribution in [0.15, 0.2) is 36.7 Å². The standard InChI is InChI=1S/C17H23N3O/c1-2-9-20-10-8-19-16(20)12-15(18)17-14-6-4-3-5-13(14)7-11-21-17/h3-6,8,10,15,17H,2,7,9,11-12,18H2,1H3. The normalized spacial score (nSPS) is 19.2. The molecule has 0 saturated carbocycles. The molecule has 1 aliphatic rings. The Balaban J connectivity index is 1.77. The van der Waals surface area contributed by atoms with Crippen LogP contribution in [0, 0.1) is 0 Å². The lowest BCUT2D eigenvalue weighted by Crippen LogP contribution is -2.36. The SMILES string of the molecule is CCCn1ccnc1CC(N)C1OCCc2ccccc21. The first-order valence-electron chi connectivity index (χ1n) is 7.74. The van der Waals surface area contributed by atoms with Gasteiger partial charge in [0.05, 0.1) is 12.7 Å². The molecule has 3 rings (SSSR count). The van der Waals surface area contributed by atoms with E-state index >= 15 is 0 Å². The Kier molecular flexibility index (Phi) is 4.36. The van der Waals surface area contributed by atoms with Crippen LogP contribution < -0.4 is 5.73 Å². The second-order valence-electron chi connectivity index (χ2n) is 5.65. The minimum Gasteiger partial charge on any atom is -0.372 e. The molecule has 0 aliphatic carbocycles. The van der Waals surface area contributed by atoms with Crippen LogP contribution in [0.3, 0.4) is 0 Å². The van der Waals surface area contributed by atoms with E-state index < -0.39 is 0 Å². The van der Waals surface area contributed by atoms with E-state index in [9.17, 15) is 0 Å². The van der Waals surface area contributed by atoms with Gasteiger partial charge in [0.25, 0.3) is 0 Å². The van der Waals surface area contributed by atoms with Crippen LogP contribution in [0.5, 0.6) is 0 Å². The molecule has 0 spiro atoms. The highest BCUT2D eigenvalue weighted by Crippen LogP contribution is 2.29. The molecule has 2 unspecified atom stereocenters. The topological polar surface area (TPSA) is 53.1 Å². The highest BCUT2D eigenvalue weighted by atomic mass is 16.5. The van der Waals surface area contributed by atoms with Gasteiger partial charge in [-0.15, -0.1) is 0 Å². The number of benzene rings is 1. The number of nitrogens with zero attached hydrogens (tertiary/aromatic N) is 2. The molecule has 112 valence electrons. The van der Waals surface area contributed by atoms with Crippen molar-refractivity contribution in [3.63, 3.8) is 0 Å². The summed E-state index contributed by atoms with van der Waals surface area (Å²) in [6.07, 6.45) is 6.67. The number of nitrogens with two attached hydrogens (primary N) is 1. The number of aryl methyl sites for hydroxylation is 1. The fourth-order valence-electron chi connectivity index (χ4n) is 3.07. The molecule has 1 aromatic carbocycles. The molecule has 21 heavy (non-hydrogen) atoms. The summed E-state index contributed by atoms with van der Waals surface area (Å²) in [6, 6.07) is 8.39. The highest BCUT2D eigenvalue weighted by molar-refractivity contribution is 5.32. The van der Waals surface area contributed by atoms with Gasteiger partial charge in [-0.05, 0) is 24.0 Å². The van der Waals surface area contributed by atoms with Crippen molar-refractivity contribution < 1.29 is 4.74 Å². The number of hydrogen-bond acceptors (Lipinski definition) is 3. The molecule has 4 nitrogen and oxygen atoms in total. The second-order valence-corrected chi connectivity index (χ2v) is 5.65. The van der Waals surface area contributed by atoms with Crippen molar-refractivity contribution in [2.24, 2.45) is 5.73 Å². The lowest BCUT2D eigenvalue weighted by Gasteiger charge is -2.30. The third kappa shape index (κ3) is 3.01. The first kappa shape index (κ1) is 14.3. The maximum atomic E-state index is 6.44. The molecule has 4 heteroatoms. The number of fused-ring (bicyclic) bond motifs is 1. The van der Waals surface area contributed by atoms with Crippen molar-refractivity contribution in [3.05, 3.63) is 53.6 Å². The summed E-state index contributed by atoms with van der Waals surface area (Å²) < 4.78 is 8.14. The van der Waals surface area contributed by atoms with E-state index in [-0.39, 0.29) is 12.1 Å². The summed E-state index contributed by atoms with van der Waals surface area (Å²) in [4.78, 5) is 4.45. The number of hydrogen-bond donors (Lipinski definition) is 1. The lowest BCUT2D eigenvalue weighted by atomic mass is 9.92. The first-order chi connectivity index (χ1) is 10.3. The van der Waals surface area contributed by atoms with Crippen LogP contribution in [-0.4, -0.2) is 22.2 Å². The van der Waals surface area contributed by atoms with Gasteiger partial charge in [-0.2, -0.15) is 0 Å². The highest BCUT2D eigenvalue weighted by Gasteiger charge is 2.27. The van der Waals surface area contributed by atoms with Crippen molar-refractivity contribution in [2.45, 2.75) is 44.9 Å². The van der Waals surface area contributed by atoms with Crippen LogP contribution in [0.25, 0.3) is 0 Å². The van der Waals surface area contributed by atoms with Gasteiger partial charge in [-0.1, -0.05) is 31.2 Å². The molecule has 0 bridgehead atoms. The van der Waals surface area contributed by atoms with Crippen molar-refractivity contribution in [2.75, 3.05) is 6.61 Å². The largest absolute Gasteiger partial charge is 0.372 e. The Bertz CT molecular complexity index is 593. The zero-order valence-corrected chi connectivity index (χ0v) is 12.5. The van der Waals surface area contributed by atoms with Gasteiger partial charge in [0, 0.05) is 31.4 Å². The van der Waals surface area contributed by atoms with Crippen LogP contribution in [-0.2, 0) is 24.1 Å². The molecule has 0 amide bonds. The monoisotopic (exact) mass is 285 g/mol. The van der Waals surface area contributed by atoms with E-state index in [0.717, 1.165) is 38.2 Å². The average molecular weight is 285 g/mol. The van der Waals surface area contributed by atoms with Gasteiger partial charge in [-0.25, -0.2) is 4.98 Å². The molecular weight excluding hydrogens is 262 g/mol. The molecule has 0 saturated heterocycles.